The largest absolute Gasteiger partial charge is 0.497 e. The summed E-state index contributed by atoms with van der Waals surface area (Å²) in [5.41, 5.74) is 2.92. The first-order chi connectivity index (χ1) is 13.2. The van der Waals surface area contributed by atoms with Crippen LogP contribution in [-0.2, 0) is 6.42 Å². The van der Waals surface area contributed by atoms with Crippen molar-refractivity contribution in [3.63, 3.8) is 0 Å². The number of carbonyl (C=O) groups excluding carboxylic acids is 1. The zero-order chi connectivity index (χ0) is 18.8. The molecule has 2 aliphatic heterocycles. The Kier molecular flexibility index (Phi) is 4.79. The van der Waals surface area contributed by atoms with Crippen molar-refractivity contribution < 1.29 is 19.0 Å². The molecular formula is C21H24N2O4. The molecule has 0 bridgehead atoms. The molecule has 0 aliphatic carbocycles. The van der Waals surface area contributed by atoms with E-state index in [1.807, 2.05) is 41.3 Å². The molecule has 6 heteroatoms. The van der Waals surface area contributed by atoms with Crippen LogP contribution in [0.15, 0.2) is 36.4 Å². The fraction of sp³-hybridized carbons (Fsp3) is 0.381. The van der Waals surface area contributed by atoms with Gasteiger partial charge in [0.2, 0.25) is 0 Å². The van der Waals surface area contributed by atoms with Gasteiger partial charge in [-0.15, -0.1) is 0 Å². The van der Waals surface area contributed by atoms with Crippen LogP contribution in [0.2, 0.25) is 0 Å². The zero-order valence-electron chi connectivity index (χ0n) is 15.7. The Bertz CT molecular complexity index is 852. The van der Waals surface area contributed by atoms with Crippen LogP contribution in [0.3, 0.4) is 0 Å². The van der Waals surface area contributed by atoms with E-state index in [9.17, 15) is 4.79 Å². The summed E-state index contributed by atoms with van der Waals surface area (Å²) in [4.78, 5) is 14.8. The third kappa shape index (κ3) is 3.39. The first kappa shape index (κ1) is 17.5. The maximum atomic E-state index is 13.0. The summed E-state index contributed by atoms with van der Waals surface area (Å²) < 4.78 is 16.4. The van der Waals surface area contributed by atoms with E-state index in [0.29, 0.717) is 13.2 Å². The van der Waals surface area contributed by atoms with Crippen LogP contribution in [0.5, 0.6) is 17.2 Å². The Labute approximate surface area is 159 Å². The molecule has 2 aromatic rings. The molecule has 142 valence electrons. The predicted octanol–water partition coefficient (Wildman–Crippen LogP) is 4.01. The average Bonchev–Trinajstić information content (AvgIpc) is 3.36. The van der Waals surface area contributed by atoms with Gasteiger partial charge in [-0.25, -0.2) is 4.79 Å². The fourth-order valence-corrected chi connectivity index (χ4v) is 3.89. The van der Waals surface area contributed by atoms with Crippen molar-refractivity contribution in [3.8, 4) is 17.2 Å². The van der Waals surface area contributed by atoms with Gasteiger partial charge in [0.1, 0.15) is 17.2 Å². The number of carbonyl (C=O) groups is 1. The topological polar surface area (TPSA) is 60.0 Å². The van der Waals surface area contributed by atoms with Gasteiger partial charge in [-0.05, 0) is 54.8 Å². The summed E-state index contributed by atoms with van der Waals surface area (Å²) in [6.45, 7) is 1.42. The highest BCUT2D eigenvalue weighted by atomic mass is 16.5. The number of nitrogens with one attached hydrogen (secondary N) is 1. The Balaban J connectivity index is 1.55. The highest BCUT2D eigenvalue weighted by Crippen LogP contribution is 2.39. The molecule has 0 aromatic heterocycles. The zero-order valence-corrected chi connectivity index (χ0v) is 15.7. The molecule has 1 N–H and O–H groups in total. The smallest absolute Gasteiger partial charge is 0.322 e. The second kappa shape index (κ2) is 7.39. The molecule has 1 fully saturated rings. The minimum atomic E-state index is -0.0961. The number of benzene rings is 2. The first-order valence-electron chi connectivity index (χ1n) is 9.25. The molecule has 1 unspecified atom stereocenters. The molecule has 2 amide bonds. The lowest BCUT2D eigenvalue weighted by molar-refractivity contribution is 0.206. The van der Waals surface area contributed by atoms with Gasteiger partial charge in [0, 0.05) is 24.2 Å². The average molecular weight is 368 g/mol. The number of ether oxygens (including phenoxy) is 3. The summed E-state index contributed by atoms with van der Waals surface area (Å²) in [5.74, 6) is 2.44. The minimum absolute atomic E-state index is 0.0344. The number of methoxy groups -OCH3 is 2. The van der Waals surface area contributed by atoms with Gasteiger partial charge < -0.3 is 24.4 Å². The highest BCUT2D eigenvalue weighted by molar-refractivity contribution is 5.90. The molecule has 0 saturated carbocycles. The molecule has 2 aromatic carbocycles. The van der Waals surface area contributed by atoms with Crippen molar-refractivity contribution >= 4 is 11.7 Å². The van der Waals surface area contributed by atoms with Crippen LogP contribution in [0.4, 0.5) is 10.5 Å². The van der Waals surface area contributed by atoms with E-state index in [1.165, 1.54) is 0 Å². The highest BCUT2D eigenvalue weighted by Gasteiger charge is 2.32. The molecule has 4 rings (SSSR count). The van der Waals surface area contributed by atoms with Gasteiger partial charge in [0.25, 0.3) is 0 Å². The van der Waals surface area contributed by atoms with E-state index in [-0.39, 0.29) is 12.1 Å². The molecule has 2 heterocycles. The first-order valence-corrected chi connectivity index (χ1v) is 9.25. The van der Waals surface area contributed by atoms with E-state index in [0.717, 1.165) is 53.3 Å². The van der Waals surface area contributed by atoms with Crippen LogP contribution in [0, 0.1) is 0 Å². The molecule has 2 aliphatic rings. The van der Waals surface area contributed by atoms with Crippen molar-refractivity contribution in [2.24, 2.45) is 0 Å². The molecule has 0 radical (unpaired) electrons. The maximum absolute atomic E-state index is 13.0. The number of amides is 2. The number of fused-ring (bicyclic) bond motifs is 1. The number of anilines is 1. The van der Waals surface area contributed by atoms with Crippen LogP contribution in [0.1, 0.15) is 30.0 Å². The normalized spacial score (nSPS) is 18.0. The molecule has 27 heavy (non-hydrogen) atoms. The summed E-state index contributed by atoms with van der Waals surface area (Å²) >= 11 is 0. The van der Waals surface area contributed by atoms with E-state index in [1.54, 1.807) is 14.2 Å². The van der Waals surface area contributed by atoms with Crippen molar-refractivity contribution in [2.45, 2.75) is 25.3 Å². The summed E-state index contributed by atoms with van der Waals surface area (Å²) in [5, 5.41) is 3.04. The second-order valence-electron chi connectivity index (χ2n) is 6.81. The standard InChI is InChI=1S/C21H24N2O4/c1-25-16-6-8-20(26-2)17(13-16)18-4-3-10-23(18)21(24)22-15-5-7-19-14(12-15)9-11-27-19/h5-8,12-13,18H,3-4,9-11H2,1-2H3,(H,22,24). The van der Waals surface area contributed by atoms with Crippen molar-refractivity contribution in [1.29, 1.82) is 0 Å². The van der Waals surface area contributed by atoms with E-state index >= 15 is 0 Å². The molecule has 1 atom stereocenters. The molecule has 0 spiro atoms. The molecule has 1 saturated heterocycles. The summed E-state index contributed by atoms with van der Waals surface area (Å²) in [6, 6.07) is 11.4. The quantitative estimate of drug-likeness (QED) is 0.886. The van der Waals surface area contributed by atoms with Crippen molar-refractivity contribution in [1.82, 2.24) is 4.90 Å². The monoisotopic (exact) mass is 368 g/mol. The van der Waals surface area contributed by atoms with Gasteiger partial charge in [0.15, 0.2) is 0 Å². The van der Waals surface area contributed by atoms with Gasteiger partial charge in [-0.1, -0.05) is 0 Å². The predicted molar refractivity (Wildman–Crippen MR) is 103 cm³/mol. The number of nitrogens with zero attached hydrogens (tertiary/aromatic N) is 1. The summed E-state index contributed by atoms with van der Waals surface area (Å²) in [6.07, 6.45) is 2.73. The van der Waals surface area contributed by atoms with Gasteiger partial charge >= 0.3 is 6.03 Å². The Morgan fingerprint density at radius 3 is 2.89 bits per heavy atom. The number of hydrogen-bond donors (Lipinski definition) is 1. The SMILES string of the molecule is COc1ccc(OC)c(C2CCCN2C(=O)Nc2ccc3c(c2)CCO3)c1. The summed E-state index contributed by atoms with van der Waals surface area (Å²) in [7, 11) is 3.29. The number of rotatable bonds is 4. The van der Waals surface area contributed by atoms with E-state index in [2.05, 4.69) is 5.32 Å². The lowest BCUT2D eigenvalue weighted by atomic mass is 10.0. The lowest BCUT2D eigenvalue weighted by Gasteiger charge is -2.27. The Morgan fingerprint density at radius 1 is 1.19 bits per heavy atom. The fourth-order valence-electron chi connectivity index (χ4n) is 3.89. The molecule has 6 nitrogen and oxygen atoms in total. The minimum Gasteiger partial charge on any atom is -0.497 e. The van der Waals surface area contributed by atoms with Crippen molar-refractivity contribution in [2.75, 3.05) is 32.7 Å². The maximum Gasteiger partial charge on any atom is 0.322 e. The molecular weight excluding hydrogens is 344 g/mol. The number of hydrogen-bond acceptors (Lipinski definition) is 4. The lowest BCUT2D eigenvalue weighted by Crippen LogP contribution is -2.34. The number of likely N-dealkylation sites (tertiary alicyclic amines) is 1. The Morgan fingerprint density at radius 2 is 2.07 bits per heavy atom. The van der Waals surface area contributed by atoms with E-state index in [4.69, 9.17) is 14.2 Å². The third-order valence-electron chi connectivity index (χ3n) is 5.25. The van der Waals surface area contributed by atoms with Gasteiger partial charge in [-0.3, -0.25) is 0 Å². The van der Waals surface area contributed by atoms with E-state index < -0.39 is 0 Å². The third-order valence-corrected chi connectivity index (χ3v) is 5.25. The van der Waals surface area contributed by atoms with Crippen LogP contribution >= 0.6 is 0 Å². The second-order valence-corrected chi connectivity index (χ2v) is 6.81. The van der Waals surface area contributed by atoms with Gasteiger partial charge in [-0.2, -0.15) is 0 Å². The Hall–Kier alpha value is -2.89. The van der Waals surface area contributed by atoms with Gasteiger partial charge in [0.05, 0.1) is 26.9 Å². The van der Waals surface area contributed by atoms with Crippen LogP contribution in [-0.4, -0.2) is 38.3 Å². The van der Waals surface area contributed by atoms with Crippen molar-refractivity contribution in [3.05, 3.63) is 47.5 Å². The van der Waals surface area contributed by atoms with Crippen LogP contribution < -0.4 is 19.5 Å². The van der Waals surface area contributed by atoms with Crippen LogP contribution in [0.25, 0.3) is 0 Å². The number of urea groups is 1.